The van der Waals surface area contributed by atoms with Crippen molar-refractivity contribution in [2.45, 2.75) is 13.8 Å². The second-order valence-electron chi connectivity index (χ2n) is 3.69. The first-order chi connectivity index (χ1) is 9.51. The lowest BCUT2D eigenvalue weighted by atomic mass is 10.2. The molecule has 1 aromatic rings. The monoisotopic (exact) mass is 281 g/mol. The van der Waals surface area contributed by atoms with Crippen LogP contribution >= 0.6 is 0 Å². The summed E-state index contributed by atoms with van der Waals surface area (Å²) in [6.07, 6.45) is 1.29. The molecule has 1 heterocycles. The van der Waals surface area contributed by atoms with Gasteiger partial charge in [0, 0.05) is 7.05 Å². The van der Waals surface area contributed by atoms with Crippen molar-refractivity contribution in [3.8, 4) is 0 Å². The van der Waals surface area contributed by atoms with Crippen LogP contribution < -0.4 is 10.6 Å². The first-order valence-electron chi connectivity index (χ1n) is 5.80. The van der Waals surface area contributed by atoms with Gasteiger partial charge in [-0.1, -0.05) is 0 Å². The largest absolute Gasteiger partial charge is 0.462 e. The van der Waals surface area contributed by atoms with Crippen LogP contribution in [0.5, 0.6) is 0 Å². The molecule has 2 N–H and O–H groups in total. The molecule has 0 fully saturated rings. The molecule has 0 aliphatic heterocycles. The Balaban J connectivity index is 2.91. The summed E-state index contributed by atoms with van der Waals surface area (Å²) >= 11 is 0. The number of ether oxygens (including phenoxy) is 1. The number of rotatable bonds is 5. The molecular formula is C11H15N5O4. The number of isocyanates is 1. The summed E-state index contributed by atoms with van der Waals surface area (Å²) < 4.78 is 6.26. The molecular weight excluding hydrogens is 266 g/mol. The van der Waals surface area contributed by atoms with E-state index in [-0.39, 0.29) is 24.7 Å². The highest BCUT2D eigenvalue weighted by Crippen LogP contribution is 2.19. The van der Waals surface area contributed by atoms with E-state index in [1.165, 1.54) is 10.8 Å². The van der Waals surface area contributed by atoms with Gasteiger partial charge in [-0.05, 0) is 13.8 Å². The van der Waals surface area contributed by atoms with Crippen LogP contribution in [0.3, 0.4) is 0 Å². The number of hydrogen-bond donors (Lipinski definition) is 2. The van der Waals surface area contributed by atoms with Crippen LogP contribution in [0.25, 0.3) is 0 Å². The minimum atomic E-state index is -0.627. The van der Waals surface area contributed by atoms with Gasteiger partial charge in [0.05, 0.1) is 12.3 Å². The van der Waals surface area contributed by atoms with Gasteiger partial charge in [-0.3, -0.25) is 10.00 Å². The molecule has 2 amide bonds. The lowest BCUT2D eigenvalue weighted by Crippen LogP contribution is -2.30. The minimum absolute atomic E-state index is 0.184. The van der Waals surface area contributed by atoms with Crippen LogP contribution in [0.15, 0.2) is 4.99 Å². The number of nitrogens with zero attached hydrogens (tertiary/aromatic N) is 3. The maximum Gasteiger partial charge on any atom is 0.343 e. The number of aromatic nitrogens is 2. The molecule has 9 heteroatoms. The maximum atomic E-state index is 11.8. The Bertz CT molecular complexity index is 559. The fourth-order valence-corrected chi connectivity index (χ4v) is 1.54. The second kappa shape index (κ2) is 7.05. The summed E-state index contributed by atoms with van der Waals surface area (Å²) in [6.45, 7) is 3.32. The van der Waals surface area contributed by atoms with Crippen molar-refractivity contribution in [2.75, 3.05) is 18.6 Å². The number of hydrogen-bond acceptors (Lipinski definition) is 6. The normalized spacial score (nSPS) is 9.55. The molecule has 20 heavy (non-hydrogen) atoms. The Morgan fingerprint density at radius 1 is 1.50 bits per heavy atom. The summed E-state index contributed by atoms with van der Waals surface area (Å²) in [5, 5.41) is 8.80. The summed E-state index contributed by atoms with van der Waals surface area (Å²) in [6, 6.07) is -0.627. The molecule has 0 unspecified atom stereocenters. The van der Waals surface area contributed by atoms with Gasteiger partial charge in [0.15, 0.2) is 0 Å². The Hall–Kier alpha value is -2.67. The number of carbonyl (C=O) groups is 2. The van der Waals surface area contributed by atoms with E-state index in [0.29, 0.717) is 5.69 Å². The fourth-order valence-electron chi connectivity index (χ4n) is 1.54. The third kappa shape index (κ3) is 3.66. The third-order valence-corrected chi connectivity index (χ3v) is 2.32. The zero-order chi connectivity index (χ0) is 15.1. The van der Waals surface area contributed by atoms with E-state index in [2.05, 4.69) is 20.7 Å². The molecule has 0 radical (unpaired) electrons. The van der Waals surface area contributed by atoms with Gasteiger partial charge in [0.1, 0.15) is 18.1 Å². The van der Waals surface area contributed by atoms with Gasteiger partial charge in [-0.15, -0.1) is 0 Å². The van der Waals surface area contributed by atoms with E-state index < -0.39 is 12.0 Å². The zero-order valence-electron chi connectivity index (χ0n) is 11.4. The molecule has 108 valence electrons. The molecule has 0 spiro atoms. The summed E-state index contributed by atoms with van der Waals surface area (Å²) in [7, 11) is 1.58. The number of nitrogens with one attached hydrogen (secondary N) is 2. The molecule has 1 rings (SSSR count). The topological polar surface area (TPSA) is 115 Å². The van der Waals surface area contributed by atoms with Gasteiger partial charge in [-0.25, -0.2) is 14.4 Å². The summed E-state index contributed by atoms with van der Waals surface area (Å²) in [5.41, 5.74) is 0.621. The van der Waals surface area contributed by atoms with Crippen molar-refractivity contribution < 1.29 is 19.1 Å². The Morgan fingerprint density at radius 2 is 2.20 bits per heavy atom. The smallest absolute Gasteiger partial charge is 0.343 e. The van der Waals surface area contributed by atoms with E-state index >= 15 is 0 Å². The van der Waals surface area contributed by atoms with Gasteiger partial charge >= 0.3 is 12.0 Å². The minimum Gasteiger partial charge on any atom is -0.462 e. The van der Waals surface area contributed by atoms with Crippen LogP contribution in [0.2, 0.25) is 0 Å². The SMILES string of the molecule is CCOC(=O)c1c(C)nn(C)c1NC(=O)NCN=C=O. The van der Waals surface area contributed by atoms with Crippen molar-refractivity contribution in [1.82, 2.24) is 15.1 Å². The van der Waals surface area contributed by atoms with E-state index in [4.69, 9.17) is 4.74 Å². The summed E-state index contributed by atoms with van der Waals surface area (Å²) in [4.78, 5) is 36.5. The van der Waals surface area contributed by atoms with E-state index in [1.807, 2.05) is 0 Å². The number of aryl methyl sites for hydroxylation is 2. The molecule has 0 atom stereocenters. The standard InChI is InChI=1S/C11H15N5O4/c1-4-20-10(18)8-7(2)15-16(3)9(8)14-11(19)13-5-12-6-17/h4-5H2,1-3H3,(H2,13,14,19). The second-order valence-corrected chi connectivity index (χ2v) is 3.69. The van der Waals surface area contributed by atoms with Crippen LogP contribution in [-0.4, -0.2) is 41.1 Å². The fraction of sp³-hybridized carbons (Fsp3) is 0.455. The average Bonchev–Trinajstić information content (AvgIpc) is 2.65. The van der Waals surface area contributed by atoms with Gasteiger partial charge in [-0.2, -0.15) is 10.1 Å². The Morgan fingerprint density at radius 3 is 2.80 bits per heavy atom. The lowest BCUT2D eigenvalue weighted by Gasteiger charge is -2.08. The van der Waals surface area contributed by atoms with Crippen LogP contribution in [0, 0.1) is 6.92 Å². The molecule has 0 aliphatic carbocycles. The number of urea groups is 1. The number of aliphatic imine (C=N–C) groups is 1. The maximum absolute atomic E-state index is 11.8. The zero-order valence-corrected chi connectivity index (χ0v) is 11.4. The predicted octanol–water partition coefficient (Wildman–Crippen LogP) is 0.320. The van der Waals surface area contributed by atoms with Crippen LogP contribution in [-0.2, 0) is 16.6 Å². The molecule has 0 aliphatic rings. The predicted molar refractivity (Wildman–Crippen MR) is 69.0 cm³/mol. The molecule has 1 aromatic heterocycles. The first kappa shape index (κ1) is 15.4. The first-order valence-corrected chi connectivity index (χ1v) is 5.80. The van der Waals surface area contributed by atoms with Crippen LogP contribution in [0.1, 0.15) is 23.0 Å². The van der Waals surface area contributed by atoms with E-state index in [9.17, 15) is 14.4 Å². The number of carbonyl (C=O) groups excluding carboxylic acids is 3. The van der Waals surface area contributed by atoms with Crippen molar-refractivity contribution in [3.05, 3.63) is 11.3 Å². The van der Waals surface area contributed by atoms with Crippen molar-refractivity contribution in [2.24, 2.45) is 12.0 Å². The summed E-state index contributed by atoms with van der Waals surface area (Å²) in [5.74, 6) is -0.368. The van der Waals surface area contributed by atoms with Crippen LogP contribution in [0.4, 0.5) is 10.6 Å². The van der Waals surface area contributed by atoms with E-state index in [1.54, 1.807) is 20.9 Å². The highest BCUT2D eigenvalue weighted by atomic mass is 16.5. The molecule has 0 aromatic carbocycles. The Kier molecular flexibility index (Phi) is 5.42. The molecule has 0 saturated heterocycles. The lowest BCUT2D eigenvalue weighted by molar-refractivity contribution is 0.0526. The van der Waals surface area contributed by atoms with Crippen molar-refractivity contribution in [3.63, 3.8) is 0 Å². The van der Waals surface area contributed by atoms with Gasteiger partial charge < -0.3 is 10.1 Å². The van der Waals surface area contributed by atoms with Gasteiger partial charge in [0.25, 0.3) is 0 Å². The quantitative estimate of drug-likeness (QED) is 0.458. The highest BCUT2D eigenvalue weighted by molar-refractivity contribution is 6.00. The van der Waals surface area contributed by atoms with Crippen molar-refractivity contribution >= 4 is 23.9 Å². The molecule has 0 saturated carbocycles. The van der Waals surface area contributed by atoms with E-state index in [0.717, 1.165) is 0 Å². The third-order valence-electron chi connectivity index (χ3n) is 2.32. The van der Waals surface area contributed by atoms with Crippen molar-refractivity contribution in [1.29, 1.82) is 0 Å². The Labute approximate surface area is 115 Å². The average molecular weight is 281 g/mol. The number of esters is 1. The number of amides is 2. The highest BCUT2D eigenvalue weighted by Gasteiger charge is 2.22. The molecule has 9 nitrogen and oxygen atoms in total. The molecule has 0 bridgehead atoms. The number of anilines is 1. The van der Waals surface area contributed by atoms with Gasteiger partial charge in [0.2, 0.25) is 6.08 Å².